The molecule has 1 heterocycles. The number of β-lactam (4-membered cyclic amide) rings is 1. The van der Waals surface area contributed by atoms with Gasteiger partial charge in [-0.25, -0.2) is 0 Å². The lowest BCUT2D eigenvalue weighted by Crippen LogP contribution is -2.53. The van der Waals surface area contributed by atoms with E-state index in [0.717, 1.165) is 16.9 Å². The number of methoxy groups -OCH3 is 4. The quantitative estimate of drug-likeness (QED) is 0.457. The molecule has 166 valence electrons. The van der Waals surface area contributed by atoms with Crippen molar-refractivity contribution in [1.29, 1.82) is 0 Å². The fraction of sp³-hybridized carbons (Fsp3) is 0.240. The van der Waals surface area contributed by atoms with Gasteiger partial charge >= 0.3 is 0 Å². The van der Waals surface area contributed by atoms with Crippen LogP contribution >= 0.6 is 11.6 Å². The molecule has 0 N–H and O–H groups in total. The van der Waals surface area contributed by atoms with Gasteiger partial charge in [0.15, 0.2) is 11.5 Å². The smallest absolute Gasteiger partial charge is 0.237 e. The van der Waals surface area contributed by atoms with Crippen molar-refractivity contribution >= 4 is 23.2 Å². The Morgan fingerprint density at radius 1 is 0.750 bits per heavy atom. The van der Waals surface area contributed by atoms with E-state index in [1.165, 1.54) is 0 Å². The first-order valence-corrected chi connectivity index (χ1v) is 10.4. The van der Waals surface area contributed by atoms with Gasteiger partial charge in [-0.1, -0.05) is 35.9 Å². The van der Waals surface area contributed by atoms with E-state index < -0.39 is 0 Å². The zero-order valence-electron chi connectivity index (χ0n) is 18.3. The molecule has 0 saturated carbocycles. The molecule has 1 aliphatic heterocycles. The lowest BCUT2D eigenvalue weighted by atomic mass is 9.77. The minimum absolute atomic E-state index is 0.0255. The van der Waals surface area contributed by atoms with E-state index in [1.54, 1.807) is 57.6 Å². The highest BCUT2D eigenvalue weighted by molar-refractivity contribution is 6.30. The van der Waals surface area contributed by atoms with Crippen LogP contribution in [0.1, 0.15) is 23.1 Å². The van der Waals surface area contributed by atoms with E-state index in [-0.39, 0.29) is 17.9 Å². The number of rotatable bonds is 7. The third kappa shape index (κ3) is 3.71. The Morgan fingerprint density at radius 2 is 1.31 bits per heavy atom. The highest BCUT2D eigenvalue weighted by atomic mass is 35.5. The van der Waals surface area contributed by atoms with Crippen LogP contribution in [0.15, 0.2) is 60.7 Å². The van der Waals surface area contributed by atoms with Crippen LogP contribution in [0.2, 0.25) is 5.02 Å². The van der Waals surface area contributed by atoms with E-state index >= 15 is 0 Å². The normalized spacial score (nSPS) is 17.5. The van der Waals surface area contributed by atoms with E-state index in [1.807, 2.05) is 36.4 Å². The summed E-state index contributed by atoms with van der Waals surface area (Å²) < 4.78 is 21.7. The first-order valence-electron chi connectivity index (χ1n) is 10.0. The van der Waals surface area contributed by atoms with Gasteiger partial charge in [0.25, 0.3) is 0 Å². The van der Waals surface area contributed by atoms with Crippen LogP contribution in [0.5, 0.6) is 23.0 Å². The van der Waals surface area contributed by atoms with Crippen LogP contribution in [0.4, 0.5) is 5.69 Å². The molecule has 7 heteroatoms. The van der Waals surface area contributed by atoms with Crippen LogP contribution in [0, 0.1) is 0 Å². The predicted octanol–water partition coefficient (Wildman–Crippen LogP) is 5.25. The van der Waals surface area contributed by atoms with Gasteiger partial charge in [0, 0.05) is 17.2 Å². The monoisotopic (exact) mass is 453 g/mol. The topological polar surface area (TPSA) is 57.2 Å². The van der Waals surface area contributed by atoms with Crippen LogP contribution in [-0.4, -0.2) is 34.3 Å². The molecular weight excluding hydrogens is 430 g/mol. The maximum Gasteiger partial charge on any atom is 0.237 e. The Balaban J connectivity index is 1.81. The minimum Gasteiger partial charge on any atom is -0.497 e. The Bertz CT molecular complexity index is 1090. The first kappa shape index (κ1) is 21.8. The van der Waals surface area contributed by atoms with Gasteiger partial charge in [0.05, 0.1) is 46.1 Å². The largest absolute Gasteiger partial charge is 0.497 e. The molecule has 1 aliphatic rings. The van der Waals surface area contributed by atoms with Crippen molar-refractivity contribution in [3.8, 4) is 23.0 Å². The molecule has 0 spiro atoms. The highest BCUT2D eigenvalue weighted by Crippen LogP contribution is 2.52. The number of nitrogens with zero attached hydrogens (tertiary/aromatic N) is 1. The van der Waals surface area contributed by atoms with Crippen molar-refractivity contribution in [2.45, 2.75) is 12.0 Å². The standard InChI is InChI=1S/C25H24ClNO5/c1-29-19-11-7-16(8-12-19)23-22(15-5-9-17(26)10-6-15)25(28)27(23)18-13-20(30-2)24(32-4)21(14-18)31-3/h5-14,22-23H,1-4H3/t22-,23-/m1/s1. The van der Waals surface area contributed by atoms with Crippen molar-refractivity contribution in [3.05, 3.63) is 76.8 Å². The molecule has 32 heavy (non-hydrogen) atoms. The van der Waals surface area contributed by atoms with Gasteiger partial charge in [-0.05, 0) is 35.4 Å². The van der Waals surface area contributed by atoms with Crippen LogP contribution < -0.4 is 23.8 Å². The average Bonchev–Trinajstić information content (AvgIpc) is 2.83. The molecule has 3 aromatic rings. The summed E-state index contributed by atoms with van der Waals surface area (Å²) in [5.41, 5.74) is 2.55. The minimum atomic E-state index is -0.347. The molecule has 6 nitrogen and oxygen atoms in total. The molecule has 3 aromatic carbocycles. The number of benzene rings is 3. The Morgan fingerprint density at radius 3 is 1.81 bits per heavy atom. The molecule has 0 radical (unpaired) electrons. The second-order valence-corrected chi connectivity index (χ2v) is 7.78. The number of carbonyl (C=O) groups excluding carboxylic acids is 1. The van der Waals surface area contributed by atoms with Crippen molar-refractivity contribution in [3.63, 3.8) is 0 Å². The second kappa shape index (κ2) is 9.01. The maximum absolute atomic E-state index is 13.5. The van der Waals surface area contributed by atoms with Gasteiger partial charge in [0.2, 0.25) is 11.7 Å². The summed E-state index contributed by atoms with van der Waals surface area (Å²) in [6.45, 7) is 0. The fourth-order valence-corrected chi connectivity index (χ4v) is 4.25. The third-order valence-electron chi connectivity index (χ3n) is 5.71. The zero-order valence-corrected chi connectivity index (χ0v) is 19.1. The number of halogens is 1. The highest BCUT2D eigenvalue weighted by Gasteiger charge is 2.50. The van der Waals surface area contributed by atoms with E-state index in [9.17, 15) is 4.79 Å². The lowest BCUT2D eigenvalue weighted by molar-refractivity contribution is -0.126. The number of ether oxygens (including phenoxy) is 4. The predicted molar refractivity (Wildman–Crippen MR) is 124 cm³/mol. The van der Waals surface area contributed by atoms with Crippen LogP contribution in [0.25, 0.3) is 0 Å². The zero-order chi connectivity index (χ0) is 22.8. The third-order valence-corrected chi connectivity index (χ3v) is 5.96. The average molecular weight is 454 g/mol. The molecule has 1 saturated heterocycles. The van der Waals surface area contributed by atoms with E-state index in [4.69, 9.17) is 30.5 Å². The molecule has 0 aromatic heterocycles. The van der Waals surface area contributed by atoms with Gasteiger partial charge in [-0.3, -0.25) is 4.79 Å². The summed E-state index contributed by atoms with van der Waals surface area (Å²) >= 11 is 6.07. The van der Waals surface area contributed by atoms with Crippen molar-refractivity contribution in [2.24, 2.45) is 0 Å². The summed E-state index contributed by atoms with van der Waals surface area (Å²) in [5.74, 6) is 1.82. The number of carbonyl (C=O) groups is 1. The molecular formula is C25H24ClNO5. The Hall–Kier alpha value is -3.38. The maximum atomic E-state index is 13.5. The summed E-state index contributed by atoms with van der Waals surface area (Å²) in [5, 5.41) is 0.628. The number of hydrogen-bond acceptors (Lipinski definition) is 5. The molecule has 0 bridgehead atoms. The molecule has 1 amide bonds. The van der Waals surface area contributed by atoms with Crippen molar-refractivity contribution < 1.29 is 23.7 Å². The van der Waals surface area contributed by atoms with Gasteiger partial charge in [0.1, 0.15) is 5.75 Å². The summed E-state index contributed by atoms with van der Waals surface area (Å²) in [7, 11) is 6.28. The Labute approximate surface area is 192 Å². The van der Waals surface area contributed by atoms with Crippen molar-refractivity contribution in [1.82, 2.24) is 0 Å². The number of anilines is 1. The van der Waals surface area contributed by atoms with Crippen LogP contribution in [-0.2, 0) is 4.79 Å². The molecule has 4 rings (SSSR count). The summed E-state index contributed by atoms with van der Waals surface area (Å²) in [4.78, 5) is 15.2. The van der Waals surface area contributed by atoms with E-state index in [2.05, 4.69) is 0 Å². The van der Waals surface area contributed by atoms with Gasteiger partial charge in [-0.15, -0.1) is 0 Å². The SMILES string of the molecule is COc1ccc([C@@H]2[C@@H](c3ccc(Cl)cc3)C(=O)N2c2cc(OC)c(OC)c(OC)c2)cc1. The van der Waals surface area contributed by atoms with Crippen LogP contribution in [0.3, 0.4) is 0 Å². The molecule has 2 atom stereocenters. The first-order chi connectivity index (χ1) is 15.5. The lowest BCUT2D eigenvalue weighted by Gasteiger charge is -2.48. The number of hydrogen-bond donors (Lipinski definition) is 0. The number of amides is 1. The molecule has 0 aliphatic carbocycles. The summed E-state index contributed by atoms with van der Waals surface area (Å²) in [6.07, 6.45) is 0. The molecule has 0 unspecified atom stereocenters. The van der Waals surface area contributed by atoms with Gasteiger partial charge < -0.3 is 23.8 Å². The van der Waals surface area contributed by atoms with E-state index in [0.29, 0.717) is 28.0 Å². The molecule has 1 fully saturated rings. The van der Waals surface area contributed by atoms with Gasteiger partial charge in [-0.2, -0.15) is 0 Å². The van der Waals surface area contributed by atoms with Crippen molar-refractivity contribution in [2.75, 3.05) is 33.3 Å². The fourth-order valence-electron chi connectivity index (χ4n) is 4.12. The Kier molecular flexibility index (Phi) is 6.15. The summed E-state index contributed by atoms with van der Waals surface area (Å²) in [6, 6.07) is 18.5. The second-order valence-electron chi connectivity index (χ2n) is 7.34.